The summed E-state index contributed by atoms with van der Waals surface area (Å²) in [5.41, 5.74) is 1.36. The van der Waals surface area contributed by atoms with Crippen molar-refractivity contribution in [2.45, 2.75) is 0 Å². The Morgan fingerprint density at radius 1 is 1.07 bits per heavy atom. The maximum atomic E-state index is 12.8. The van der Waals surface area contributed by atoms with E-state index in [2.05, 4.69) is 15.9 Å². The number of halogens is 1. The third-order valence-corrected chi connectivity index (χ3v) is 5.97. The van der Waals surface area contributed by atoms with Crippen molar-refractivity contribution in [2.24, 2.45) is 0 Å². The zero-order valence-corrected chi connectivity index (χ0v) is 17.8. The summed E-state index contributed by atoms with van der Waals surface area (Å²) >= 11 is 9.89. The summed E-state index contributed by atoms with van der Waals surface area (Å²) in [6, 6.07) is 17.0. The lowest BCUT2D eigenvalue weighted by molar-refractivity contribution is -0.384. The predicted octanol–water partition coefficient (Wildman–Crippen LogP) is 6.02. The number of amides is 1. The highest BCUT2D eigenvalue weighted by Crippen LogP contribution is 2.37. The molecule has 2 aromatic carbocycles. The van der Waals surface area contributed by atoms with Crippen LogP contribution in [0.5, 0.6) is 0 Å². The molecule has 1 aromatic heterocycles. The van der Waals surface area contributed by atoms with Crippen molar-refractivity contribution in [3.63, 3.8) is 0 Å². The van der Waals surface area contributed by atoms with Gasteiger partial charge in [0, 0.05) is 28.2 Å². The molecule has 1 saturated heterocycles. The standard InChI is InChI=1S/C20H11BrN2O4S2/c21-13-3-1-12(2-4-13)17-10-9-16(27-17)11-18-19(24)22(20(28)29-18)14-5-7-15(8-6-14)23(25)26/h1-11H. The molecule has 0 unspecified atom stereocenters. The molecular formula is C20H11BrN2O4S2. The number of thioether (sulfide) groups is 1. The molecule has 6 nitrogen and oxygen atoms in total. The van der Waals surface area contributed by atoms with Gasteiger partial charge in [0.15, 0.2) is 4.32 Å². The first-order chi connectivity index (χ1) is 13.9. The Kier molecular flexibility index (Phi) is 5.35. The normalized spacial score (nSPS) is 15.3. The molecule has 1 aliphatic heterocycles. The molecule has 9 heteroatoms. The van der Waals surface area contributed by atoms with Gasteiger partial charge in [-0.1, -0.05) is 52.0 Å². The number of nitro groups is 1. The van der Waals surface area contributed by atoms with Gasteiger partial charge in [0.1, 0.15) is 11.5 Å². The highest BCUT2D eigenvalue weighted by molar-refractivity contribution is 9.10. The largest absolute Gasteiger partial charge is 0.457 e. The third kappa shape index (κ3) is 4.02. The van der Waals surface area contributed by atoms with E-state index in [4.69, 9.17) is 16.6 Å². The van der Waals surface area contributed by atoms with Crippen LogP contribution < -0.4 is 4.90 Å². The second kappa shape index (κ2) is 7.94. The van der Waals surface area contributed by atoms with E-state index in [1.807, 2.05) is 30.3 Å². The summed E-state index contributed by atoms with van der Waals surface area (Å²) in [6.45, 7) is 0. The van der Waals surface area contributed by atoms with E-state index in [0.29, 0.717) is 26.4 Å². The Morgan fingerprint density at radius 3 is 2.41 bits per heavy atom. The van der Waals surface area contributed by atoms with Crippen molar-refractivity contribution in [3.05, 3.63) is 85.9 Å². The number of carbonyl (C=O) groups is 1. The maximum absolute atomic E-state index is 12.8. The fourth-order valence-electron chi connectivity index (χ4n) is 2.74. The number of hydrogen-bond donors (Lipinski definition) is 0. The Morgan fingerprint density at radius 2 is 1.76 bits per heavy atom. The summed E-state index contributed by atoms with van der Waals surface area (Å²) in [6.07, 6.45) is 1.65. The SMILES string of the molecule is O=C1C(=Cc2ccc(-c3ccc(Br)cc3)o2)SC(=S)N1c1ccc([N+](=O)[O-])cc1. The number of carbonyl (C=O) groups excluding carboxylic acids is 1. The second-order valence-corrected chi connectivity index (χ2v) is 8.59. The number of anilines is 1. The van der Waals surface area contributed by atoms with Crippen molar-refractivity contribution in [3.8, 4) is 11.3 Å². The van der Waals surface area contributed by atoms with E-state index in [-0.39, 0.29) is 11.6 Å². The van der Waals surface area contributed by atoms with Crippen molar-refractivity contribution in [2.75, 3.05) is 4.90 Å². The van der Waals surface area contributed by atoms with Crippen molar-refractivity contribution in [1.82, 2.24) is 0 Å². The average Bonchev–Trinajstić information content (AvgIpc) is 3.27. The third-order valence-electron chi connectivity index (χ3n) is 4.14. The quantitative estimate of drug-likeness (QED) is 0.194. The summed E-state index contributed by atoms with van der Waals surface area (Å²) in [7, 11) is 0. The van der Waals surface area contributed by atoms with Crippen LogP contribution >= 0.6 is 39.9 Å². The molecule has 0 radical (unpaired) electrons. The second-order valence-electron chi connectivity index (χ2n) is 6.00. The number of furan rings is 1. The minimum Gasteiger partial charge on any atom is -0.457 e. The first-order valence-electron chi connectivity index (χ1n) is 8.30. The molecule has 0 N–H and O–H groups in total. The van der Waals surface area contributed by atoms with Gasteiger partial charge in [-0.2, -0.15) is 0 Å². The van der Waals surface area contributed by atoms with Gasteiger partial charge < -0.3 is 4.42 Å². The number of nitrogens with zero attached hydrogens (tertiary/aromatic N) is 2. The lowest BCUT2D eigenvalue weighted by atomic mass is 10.2. The summed E-state index contributed by atoms with van der Waals surface area (Å²) in [4.78, 5) is 24.9. The van der Waals surface area contributed by atoms with Gasteiger partial charge in [-0.3, -0.25) is 19.8 Å². The van der Waals surface area contributed by atoms with E-state index in [0.717, 1.165) is 21.8 Å². The van der Waals surface area contributed by atoms with Crippen molar-refractivity contribution >= 4 is 67.6 Å². The molecular weight excluding hydrogens is 476 g/mol. The fourth-order valence-corrected chi connectivity index (χ4v) is 4.29. The molecule has 2 heterocycles. The zero-order chi connectivity index (χ0) is 20.5. The molecule has 1 fully saturated rings. The topological polar surface area (TPSA) is 76.6 Å². The highest BCUT2D eigenvalue weighted by atomic mass is 79.9. The molecule has 29 heavy (non-hydrogen) atoms. The fraction of sp³-hybridized carbons (Fsp3) is 0. The van der Waals surface area contributed by atoms with Crippen LogP contribution in [0, 0.1) is 10.1 Å². The summed E-state index contributed by atoms with van der Waals surface area (Å²) < 4.78 is 7.18. The van der Waals surface area contributed by atoms with Crippen LogP contribution in [0.2, 0.25) is 0 Å². The number of thiocarbonyl (C=S) groups is 1. The molecule has 0 bridgehead atoms. The number of hydrogen-bond acceptors (Lipinski definition) is 6. The predicted molar refractivity (Wildman–Crippen MR) is 121 cm³/mol. The van der Waals surface area contributed by atoms with E-state index in [1.165, 1.54) is 29.2 Å². The minimum atomic E-state index is -0.492. The first kappa shape index (κ1) is 19.6. The van der Waals surface area contributed by atoms with Gasteiger partial charge in [-0.25, -0.2) is 0 Å². The summed E-state index contributed by atoms with van der Waals surface area (Å²) in [5.74, 6) is 0.928. The van der Waals surface area contributed by atoms with Crippen LogP contribution in [-0.2, 0) is 4.79 Å². The molecule has 1 aliphatic rings. The van der Waals surface area contributed by atoms with E-state index in [9.17, 15) is 14.9 Å². The van der Waals surface area contributed by atoms with Gasteiger partial charge in [-0.05, 0) is 36.4 Å². The van der Waals surface area contributed by atoms with Crippen molar-refractivity contribution in [1.29, 1.82) is 0 Å². The monoisotopic (exact) mass is 486 g/mol. The minimum absolute atomic E-state index is 0.0502. The van der Waals surface area contributed by atoms with Crippen LogP contribution in [0.1, 0.15) is 5.76 Å². The molecule has 0 atom stereocenters. The van der Waals surface area contributed by atoms with Gasteiger partial charge in [-0.15, -0.1) is 0 Å². The maximum Gasteiger partial charge on any atom is 0.270 e. The lowest BCUT2D eigenvalue weighted by Crippen LogP contribution is -2.27. The molecule has 0 saturated carbocycles. The number of nitro benzene ring substituents is 1. The number of benzene rings is 2. The lowest BCUT2D eigenvalue weighted by Gasteiger charge is -2.13. The van der Waals surface area contributed by atoms with Gasteiger partial charge >= 0.3 is 0 Å². The molecule has 1 amide bonds. The number of rotatable bonds is 4. The number of non-ortho nitro benzene ring substituents is 1. The van der Waals surface area contributed by atoms with Crippen LogP contribution in [0.15, 0.2) is 74.5 Å². The Balaban J connectivity index is 1.58. The van der Waals surface area contributed by atoms with Crippen molar-refractivity contribution < 1.29 is 14.1 Å². The molecule has 4 rings (SSSR count). The molecule has 3 aromatic rings. The highest BCUT2D eigenvalue weighted by Gasteiger charge is 2.33. The van der Waals surface area contributed by atoms with Gasteiger partial charge in [0.2, 0.25) is 0 Å². The molecule has 0 spiro atoms. The van der Waals surface area contributed by atoms with E-state index >= 15 is 0 Å². The first-order valence-corrected chi connectivity index (χ1v) is 10.3. The zero-order valence-electron chi connectivity index (χ0n) is 14.6. The van der Waals surface area contributed by atoms with Gasteiger partial charge in [0.05, 0.1) is 15.5 Å². The summed E-state index contributed by atoms with van der Waals surface area (Å²) in [5, 5.41) is 10.8. The van der Waals surface area contributed by atoms with Crippen LogP contribution in [0.25, 0.3) is 17.4 Å². The molecule has 0 aliphatic carbocycles. The van der Waals surface area contributed by atoms with E-state index in [1.54, 1.807) is 12.1 Å². The van der Waals surface area contributed by atoms with Crippen LogP contribution in [0.4, 0.5) is 11.4 Å². The van der Waals surface area contributed by atoms with Crippen LogP contribution in [-0.4, -0.2) is 15.2 Å². The average molecular weight is 487 g/mol. The smallest absolute Gasteiger partial charge is 0.270 e. The Bertz CT molecular complexity index is 1150. The van der Waals surface area contributed by atoms with Crippen LogP contribution in [0.3, 0.4) is 0 Å². The Hall–Kier alpha value is -2.75. The van der Waals surface area contributed by atoms with E-state index < -0.39 is 4.92 Å². The molecule has 144 valence electrons. The Labute approximate surface area is 183 Å². The van der Waals surface area contributed by atoms with Gasteiger partial charge in [0.25, 0.3) is 11.6 Å².